The topological polar surface area (TPSA) is 33.2 Å². The molecule has 1 aromatic carbocycles. The highest BCUT2D eigenvalue weighted by Crippen LogP contribution is 2.29. The van der Waals surface area contributed by atoms with Gasteiger partial charge in [0.1, 0.15) is 0 Å². The molecule has 1 fully saturated rings. The molecule has 1 aromatic heterocycles. The molecule has 1 unspecified atom stereocenters. The molecule has 1 amide bonds. The molecule has 1 atom stereocenters. The molecule has 0 spiro atoms. The van der Waals surface area contributed by atoms with Crippen molar-refractivity contribution < 1.29 is 13.6 Å². The highest BCUT2D eigenvalue weighted by molar-refractivity contribution is 5.79. The van der Waals surface area contributed by atoms with Crippen LogP contribution >= 0.6 is 0 Å². The Hall–Kier alpha value is -2.30. The van der Waals surface area contributed by atoms with Crippen molar-refractivity contribution in [2.24, 2.45) is 0 Å². The first-order chi connectivity index (χ1) is 10.1. The van der Waals surface area contributed by atoms with E-state index in [2.05, 4.69) is 4.98 Å². The van der Waals surface area contributed by atoms with E-state index in [1.54, 1.807) is 23.4 Å². The Labute approximate surface area is 121 Å². The summed E-state index contributed by atoms with van der Waals surface area (Å²) in [6.07, 6.45) is 3.73. The maximum absolute atomic E-state index is 13.3. The molecule has 0 radical (unpaired) electrons. The lowest BCUT2D eigenvalue weighted by Crippen LogP contribution is -2.24. The lowest BCUT2D eigenvalue weighted by Gasteiger charge is -2.16. The van der Waals surface area contributed by atoms with Crippen molar-refractivity contribution in [1.82, 2.24) is 9.88 Å². The minimum Gasteiger partial charge on any atom is -0.338 e. The second-order valence-electron chi connectivity index (χ2n) is 5.21. The molecule has 3 nitrogen and oxygen atoms in total. The normalized spacial score (nSPS) is 18.3. The number of pyridine rings is 1. The Morgan fingerprint density at radius 1 is 1.24 bits per heavy atom. The van der Waals surface area contributed by atoms with E-state index in [0.717, 1.165) is 11.6 Å². The Bertz CT molecular complexity index is 661. The summed E-state index contributed by atoms with van der Waals surface area (Å²) >= 11 is 0. The van der Waals surface area contributed by atoms with Crippen LogP contribution in [0.3, 0.4) is 0 Å². The molecule has 21 heavy (non-hydrogen) atoms. The summed E-state index contributed by atoms with van der Waals surface area (Å²) in [6.45, 7) is 1.01. The predicted octanol–water partition coefficient (Wildman–Crippen LogP) is 2.88. The highest BCUT2D eigenvalue weighted by atomic mass is 19.2. The smallest absolute Gasteiger partial charge is 0.223 e. The van der Waals surface area contributed by atoms with Crippen LogP contribution in [0.1, 0.15) is 23.5 Å². The zero-order valence-electron chi connectivity index (χ0n) is 11.3. The van der Waals surface area contributed by atoms with Gasteiger partial charge in [-0.15, -0.1) is 0 Å². The minimum atomic E-state index is -0.870. The molecule has 0 bridgehead atoms. The highest BCUT2D eigenvalue weighted by Gasteiger charge is 2.30. The molecule has 0 saturated carbocycles. The molecule has 1 saturated heterocycles. The van der Waals surface area contributed by atoms with E-state index in [1.807, 2.05) is 12.1 Å². The molecule has 0 aliphatic carbocycles. The summed E-state index contributed by atoms with van der Waals surface area (Å²) in [6, 6.07) is 7.57. The Morgan fingerprint density at radius 2 is 2.10 bits per heavy atom. The number of carbonyl (C=O) groups is 1. The van der Waals surface area contributed by atoms with Gasteiger partial charge >= 0.3 is 0 Å². The van der Waals surface area contributed by atoms with Crippen molar-refractivity contribution in [3.8, 4) is 0 Å². The molecule has 2 heterocycles. The third-order valence-electron chi connectivity index (χ3n) is 3.73. The van der Waals surface area contributed by atoms with Crippen LogP contribution in [0.5, 0.6) is 0 Å². The van der Waals surface area contributed by atoms with Gasteiger partial charge in [0.25, 0.3) is 0 Å². The zero-order chi connectivity index (χ0) is 14.8. The molecule has 1 aliphatic rings. The van der Waals surface area contributed by atoms with E-state index in [9.17, 15) is 13.6 Å². The van der Waals surface area contributed by atoms with Crippen LogP contribution < -0.4 is 0 Å². The van der Waals surface area contributed by atoms with E-state index in [-0.39, 0.29) is 11.8 Å². The average Bonchev–Trinajstić information content (AvgIpc) is 2.84. The van der Waals surface area contributed by atoms with Gasteiger partial charge in [0, 0.05) is 37.8 Å². The number of hydrogen-bond acceptors (Lipinski definition) is 2. The van der Waals surface area contributed by atoms with Gasteiger partial charge in [-0.2, -0.15) is 0 Å². The van der Waals surface area contributed by atoms with E-state index in [0.29, 0.717) is 25.1 Å². The fourth-order valence-electron chi connectivity index (χ4n) is 2.63. The fraction of sp³-hybridized carbons (Fsp3) is 0.250. The van der Waals surface area contributed by atoms with Gasteiger partial charge in [0.15, 0.2) is 11.6 Å². The SMILES string of the molecule is O=C1CC(c2ccc(F)c(F)c2)CN1Cc1cccnc1. The Morgan fingerprint density at radius 3 is 2.81 bits per heavy atom. The number of amides is 1. The fourth-order valence-corrected chi connectivity index (χ4v) is 2.63. The number of likely N-dealkylation sites (tertiary alicyclic amines) is 1. The number of aromatic nitrogens is 1. The number of rotatable bonds is 3. The first kappa shape index (κ1) is 13.7. The van der Waals surface area contributed by atoms with Gasteiger partial charge in [-0.1, -0.05) is 12.1 Å². The van der Waals surface area contributed by atoms with Gasteiger partial charge in [-0.3, -0.25) is 9.78 Å². The summed E-state index contributed by atoms with van der Waals surface area (Å²) in [5.74, 6) is -1.81. The average molecular weight is 288 g/mol. The number of benzene rings is 1. The molecular weight excluding hydrogens is 274 g/mol. The first-order valence-corrected chi connectivity index (χ1v) is 6.75. The van der Waals surface area contributed by atoms with Crippen LogP contribution in [0, 0.1) is 11.6 Å². The molecule has 3 rings (SSSR count). The first-order valence-electron chi connectivity index (χ1n) is 6.75. The van der Waals surface area contributed by atoms with Crippen LogP contribution in [-0.4, -0.2) is 22.3 Å². The summed E-state index contributed by atoms with van der Waals surface area (Å²) in [7, 11) is 0. The van der Waals surface area contributed by atoms with Crippen LogP contribution in [-0.2, 0) is 11.3 Å². The second-order valence-corrected chi connectivity index (χ2v) is 5.21. The van der Waals surface area contributed by atoms with Crippen molar-refractivity contribution in [2.45, 2.75) is 18.9 Å². The van der Waals surface area contributed by atoms with Crippen molar-refractivity contribution >= 4 is 5.91 Å². The summed E-state index contributed by atoms with van der Waals surface area (Å²) < 4.78 is 26.3. The minimum absolute atomic E-state index is 0.0218. The summed E-state index contributed by atoms with van der Waals surface area (Å²) in [5, 5.41) is 0. The maximum Gasteiger partial charge on any atom is 0.223 e. The lowest BCUT2D eigenvalue weighted by molar-refractivity contribution is -0.128. The standard InChI is InChI=1S/C16H14F2N2O/c17-14-4-3-12(6-15(14)18)13-7-16(21)20(10-13)9-11-2-1-5-19-8-11/h1-6,8,13H,7,9-10H2. The lowest BCUT2D eigenvalue weighted by atomic mass is 9.98. The summed E-state index contributed by atoms with van der Waals surface area (Å²) in [4.78, 5) is 17.8. The molecule has 1 aliphatic heterocycles. The monoisotopic (exact) mass is 288 g/mol. The molecule has 2 aromatic rings. The second kappa shape index (κ2) is 5.60. The maximum atomic E-state index is 13.3. The van der Waals surface area contributed by atoms with Gasteiger partial charge in [-0.05, 0) is 29.3 Å². The van der Waals surface area contributed by atoms with Gasteiger partial charge in [-0.25, -0.2) is 8.78 Å². The number of hydrogen-bond donors (Lipinski definition) is 0. The van der Waals surface area contributed by atoms with Crippen molar-refractivity contribution in [1.29, 1.82) is 0 Å². The Balaban J connectivity index is 1.73. The third-order valence-corrected chi connectivity index (χ3v) is 3.73. The quantitative estimate of drug-likeness (QED) is 0.870. The number of halogens is 2. The molecule has 0 N–H and O–H groups in total. The Kier molecular flexibility index (Phi) is 3.64. The molecular formula is C16H14F2N2O. The number of carbonyl (C=O) groups excluding carboxylic acids is 1. The van der Waals surface area contributed by atoms with Crippen molar-refractivity contribution in [2.75, 3.05) is 6.54 Å². The van der Waals surface area contributed by atoms with E-state index < -0.39 is 11.6 Å². The van der Waals surface area contributed by atoms with Gasteiger partial charge in [0.2, 0.25) is 5.91 Å². The third kappa shape index (κ3) is 2.91. The summed E-state index contributed by atoms with van der Waals surface area (Å²) in [5.41, 5.74) is 1.62. The largest absolute Gasteiger partial charge is 0.338 e. The van der Waals surface area contributed by atoms with Crippen LogP contribution in [0.25, 0.3) is 0 Å². The predicted molar refractivity (Wildman–Crippen MR) is 73.4 cm³/mol. The van der Waals surface area contributed by atoms with E-state index in [1.165, 1.54) is 6.07 Å². The van der Waals surface area contributed by atoms with Gasteiger partial charge in [0.05, 0.1) is 0 Å². The van der Waals surface area contributed by atoms with E-state index in [4.69, 9.17) is 0 Å². The van der Waals surface area contributed by atoms with Crippen LogP contribution in [0.15, 0.2) is 42.7 Å². The molecule has 5 heteroatoms. The number of nitrogens with zero attached hydrogens (tertiary/aromatic N) is 2. The molecule has 108 valence electrons. The van der Waals surface area contributed by atoms with Gasteiger partial charge < -0.3 is 4.90 Å². The zero-order valence-corrected chi connectivity index (χ0v) is 11.3. The van der Waals surface area contributed by atoms with Crippen molar-refractivity contribution in [3.63, 3.8) is 0 Å². The van der Waals surface area contributed by atoms with Crippen LogP contribution in [0.4, 0.5) is 8.78 Å². The van der Waals surface area contributed by atoms with E-state index >= 15 is 0 Å². The van der Waals surface area contributed by atoms with Crippen molar-refractivity contribution in [3.05, 3.63) is 65.5 Å². The van der Waals surface area contributed by atoms with Crippen LogP contribution in [0.2, 0.25) is 0 Å².